The number of amides is 1. The van der Waals surface area contributed by atoms with Gasteiger partial charge in [-0.25, -0.2) is 17.4 Å². The van der Waals surface area contributed by atoms with E-state index in [4.69, 9.17) is 4.74 Å². The first kappa shape index (κ1) is 17.8. The molecule has 23 heavy (non-hydrogen) atoms. The standard InChI is InChI=1S/C12H22N6O4S/c1-9-14-15-16-18(9)5-4-12(19)13-11-7-22-6-10(11)8-23(20,21)17(2)3/h10-11H,4-8H2,1-3H3,(H,13,19)/t10-,11+/m0/s1. The summed E-state index contributed by atoms with van der Waals surface area (Å²) >= 11 is 0. The zero-order valence-electron chi connectivity index (χ0n) is 13.5. The van der Waals surface area contributed by atoms with Crippen molar-refractivity contribution in [3.8, 4) is 0 Å². The van der Waals surface area contributed by atoms with Gasteiger partial charge in [0.1, 0.15) is 5.82 Å². The monoisotopic (exact) mass is 346 g/mol. The summed E-state index contributed by atoms with van der Waals surface area (Å²) in [7, 11) is -0.346. The number of nitrogens with one attached hydrogen (secondary N) is 1. The Bertz CT molecular complexity index is 644. The molecule has 1 saturated heterocycles. The number of aryl methyl sites for hydroxylation is 2. The summed E-state index contributed by atoms with van der Waals surface area (Å²) in [5.41, 5.74) is 0. The fraction of sp³-hybridized carbons (Fsp3) is 0.833. The third kappa shape index (κ3) is 4.69. The van der Waals surface area contributed by atoms with E-state index in [2.05, 4.69) is 20.8 Å². The van der Waals surface area contributed by atoms with Gasteiger partial charge in [-0.05, 0) is 17.4 Å². The number of tetrazole rings is 1. The van der Waals surface area contributed by atoms with Crippen molar-refractivity contribution in [1.82, 2.24) is 29.8 Å². The maximum absolute atomic E-state index is 12.0. The Morgan fingerprint density at radius 2 is 2.17 bits per heavy atom. The number of rotatable bonds is 7. The highest BCUT2D eigenvalue weighted by atomic mass is 32.2. The Balaban J connectivity index is 1.86. The average Bonchev–Trinajstić information content (AvgIpc) is 3.06. The average molecular weight is 346 g/mol. The van der Waals surface area contributed by atoms with E-state index in [1.54, 1.807) is 11.6 Å². The normalized spacial score (nSPS) is 21.7. The maximum atomic E-state index is 12.0. The summed E-state index contributed by atoms with van der Waals surface area (Å²) in [6.45, 7) is 2.77. The molecule has 1 N–H and O–H groups in total. The maximum Gasteiger partial charge on any atom is 0.222 e. The molecular formula is C12H22N6O4S. The SMILES string of the molecule is Cc1nnnn1CCC(=O)N[C@@H]1COC[C@H]1CS(=O)(=O)N(C)C. The lowest BCUT2D eigenvalue weighted by molar-refractivity contribution is -0.122. The number of hydrogen-bond donors (Lipinski definition) is 1. The summed E-state index contributed by atoms with van der Waals surface area (Å²) in [5.74, 6) is 0.164. The molecule has 0 aliphatic carbocycles. The largest absolute Gasteiger partial charge is 0.379 e. The molecular weight excluding hydrogens is 324 g/mol. The van der Waals surface area contributed by atoms with E-state index in [0.717, 1.165) is 0 Å². The van der Waals surface area contributed by atoms with Crippen LogP contribution in [-0.2, 0) is 26.1 Å². The van der Waals surface area contributed by atoms with E-state index >= 15 is 0 Å². The molecule has 0 bridgehead atoms. The van der Waals surface area contributed by atoms with Gasteiger partial charge in [0.2, 0.25) is 15.9 Å². The molecule has 11 heteroatoms. The van der Waals surface area contributed by atoms with Crippen molar-refractivity contribution in [1.29, 1.82) is 0 Å². The van der Waals surface area contributed by atoms with E-state index in [-0.39, 0.29) is 30.0 Å². The van der Waals surface area contributed by atoms with Gasteiger partial charge in [0.15, 0.2) is 0 Å². The Kier molecular flexibility index (Phi) is 5.65. The first-order valence-electron chi connectivity index (χ1n) is 7.29. The second-order valence-corrected chi connectivity index (χ2v) is 7.96. The molecule has 2 atom stereocenters. The quantitative estimate of drug-likeness (QED) is 0.631. The van der Waals surface area contributed by atoms with Crippen LogP contribution in [0.2, 0.25) is 0 Å². The van der Waals surface area contributed by atoms with Gasteiger partial charge in [0.25, 0.3) is 0 Å². The van der Waals surface area contributed by atoms with E-state index in [1.807, 2.05) is 0 Å². The number of carbonyl (C=O) groups is 1. The molecule has 2 rings (SSSR count). The zero-order chi connectivity index (χ0) is 17.0. The molecule has 1 aromatic heterocycles. The Morgan fingerprint density at radius 3 is 2.78 bits per heavy atom. The molecule has 1 fully saturated rings. The second kappa shape index (κ2) is 7.32. The van der Waals surface area contributed by atoms with Gasteiger partial charge >= 0.3 is 0 Å². The molecule has 0 spiro atoms. The number of hydrogen-bond acceptors (Lipinski definition) is 7. The number of aromatic nitrogens is 4. The summed E-state index contributed by atoms with van der Waals surface area (Å²) in [5, 5.41) is 13.9. The highest BCUT2D eigenvalue weighted by Gasteiger charge is 2.34. The molecule has 1 aliphatic heterocycles. The number of nitrogens with zero attached hydrogens (tertiary/aromatic N) is 5. The fourth-order valence-corrected chi connectivity index (χ4v) is 3.45. The van der Waals surface area contributed by atoms with Gasteiger partial charge in [0.05, 0.1) is 31.6 Å². The van der Waals surface area contributed by atoms with Crippen LogP contribution in [0.5, 0.6) is 0 Å². The van der Waals surface area contributed by atoms with Gasteiger partial charge in [0, 0.05) is 26.4 Å². The molecule has 2 heterocycles. The van der Waals surface area contributed by atoms with Crippen molar-refractivity contribution in [3.63, 3.8) is 0 Å². The Labute approximate surface area is 135 Å². The van der Waals surface area contributed by atoms with E-state index in [0.29, 0.717) is 25.6 Å². The van der Waals surface area contributed by atoms with Crippen LogP contribution in [-0.4, -0.2) is 77.9 Å². The van der Waals surface area contributed by atoms with Crippen LogP contribution >= 0.6 is 0 Å². The first-order valence-corrected chi connectivity index (χ1v) is 8.90. The van der Waals surface area contributed by atoms with Crippen molar-refractivity contribution in [2.45, 2.75) is 25.9 Å². The Hall–Kier alpha value is -1.59. The molecule has 1 aliphatic rings. The van der Waals surface area contributed by atoms with Crippen LogP contribution in [0.25, 0.3) is 0 Å². The van der Waals surface area contributed by atoms with Gasteiger partial charge in [-0.2, -0.15) is 0 Å². The van der Waals surface area contributed by atoms with Crippen molar-refractivity contribution >= 4 is 15.9 Å². The lowest BCUT2D eigenvalue weighted by atomic mass is 10.1. The van der Waals surface area contributed by atoms with Crippen molar-refractivity contribution in [3.05, 3.63) is 5.82 Å². The number of ether oxygens (including phenoxy) is 1. The van der Waals surface area contributed by atoms with Gasteiger partial charge < -0.3 is 10.1 Å². The topological polar surface area (TPSA) is 119 Å². The smallest absolute Gasteiger partial charge is 0.222 e. The third-order valence-corrected chi connectivity index (χ3v) is 5.75. The van der Waals surface area contributed by atoms with Gasteiger partial charge in [-0.3, -0.25) is 4.79 Å². The minimum Gasteiger partial charge on any atom is -0.379 e. The van der Waals surface area contributed by atoms with E-state index in [9.17, 15) is 13.2 Å². The second-order valence-electron chi connectivity index (χ2n) is 5.73. The number of sulfonamides is 1. The van der Waals surface area contributed by atoms with E-state index < -0.39 is 10.0 Å². The zero-order valence-corrected chi connectivity index (χ0v) is 14.3. The summed E-state index contributed by atoms with van der Waals surface area (Å²) in [6.07, 6.45) is 0.218. The van der Waals surface area contributed by atoms with Crippen molar-refractivity contribution < 1.29 is 17.9 Å². The molecule has 1 aromatic rings. The predicted octanol–water partition coefficient (Wildman–Crippen LogP) is -1.61. The lowest BCUT2D eigenvalue weighted by Crippen LogP contribution is -2.43. The highest BCUT2D eigenvalue weighted by molar-refractivity contribution is 7.89. The molecule has 1 amide bonds. The molecule has 0 saturated carbocycles. The summed E-state index contributed by atoms with van der Waals surface area (Å²) in [4.78, 5) is 12.0. The van der Waals surface area contributed by atoms with Crippen LogP contribution in [0.3, 0.4) is 0 Å². The molecule has 10 nitrogen and oxygen atoms in total. The molecule has 130 valence electrons. The summed E-state index contributed by atoms with van der Waals surface area (Å²) < 4.78 is 32.0. The van der Waals surface area contributed by atoms with Crippen LogP contribution < -0.4 is 5.32 Å². The predicted molar refractivity (Wildman–Crippen MR) is 80.9 cm³/mol. The Morgan fingerprint density at radius 1 is 1.43 bits per heavy atom. The van der Waals surface area contributed by atoms with Crippen LogP contribution in [0.4, 0.5) is 0 Å². The molecule has 0 radical (unpaired) electrons. The third-order valence-electron chi connectivity index (χ3n) is 3.79. The first-order chi connectivity index (χ1) is 10.8. The van der Waals surface area contributed by atoms with Crippen molar-refractivity contribution in [2.75, 3.05) is 33.1 Å². The number of carbonyl (C=O) groups excluding carboxylic acids is 1. The molecule has 0 aromatic carbocycles. The van der Waals surface area contributed by atoms with Crippen molar-refractivity contribution in [2.24, 2.45) is 5.92 Å². The fourth-order valence-electron chi connectivity index (χ4n) is 2.28. The minimum absolute atomic E-state index is 0.0446. The highest BCUT2D eigenvalue weighted by Crippen LogP contribution is 2.17. The summed E-state index contributed by atoms with van der Waals surface area (Å²) in [6, 6.07) is -0.299. The van der Waals surface area contributed by atoms with Gasteiger partial charge in [-0.15, -0.1) is 5.10 Å². The van der Waals surface area contributed by atoms with Gasteiger partial charge in [-0.1, -0.05) is 0 Å². The lowest BCUT2D eigenvalue weighted by Gasteiger charge is -2.21. The van der Waals surface area contributed by atoms with Crippen LogP contribution in [0, 0.1) is 12.8 Å². The van der Waals surface area contributed by atoms with Crippen LogP contribution in [0.15, 0.2) is 0 Å². The molecule has 0 unspecified atom stereocenters. The van der Waals surface area contributed by atoms with Crippen LogP contribution in [0.1, 0.15) is 12.2 Å². The van der Waals surface area contributed by atoms with E-state index in [1.165, 1.54) is 18.4 Å². The minimum atomic E-state index is -3.33.